The minimum Gasteiger partial charge on any atom is -0.465 e. The number of hydrogen-bond acceptors (Lipinski definition) is 2. The molecule has 5 heteroatoms. The van der Waals surface area contributed by atoms with Crippen molar-refractivity contribution in [1.29, 1.82) is 0 Å². The van der Waals surface area contributed by atoms with Crippen LogP contribution in [0.5, 0.6) is 0 Å². The molecule has 0 unspecified atom stereocenters. The molecule has 0 fully saturated rings. The van der Waals surface area contributed by atoms with Gasteiger partial charge in [0, 0.05) is 11.3 Å². The molecule has 74 valence electrons. The zero-order chi connectivity index (χ0) is 10.6. The Bertz CT molecular complexity index is 348. The van der Waals surface area contributed by atoms with Gasteiger partial charge in [0.1, 0.15) is 0 Å². The van der Waals surface area contributed by atoms with Crippen LogP contribution < -0.4 is 5.32 Å². The van der Waals surface area contributed by atoms with E-state index in [9.17, 15) is 9.59 Å². The molecule has 2 N–H and O–H groups in total. The van der Waals surface area contributed by atoms with Gasteiger partial charge in [0.25, 0.3) is 0 Å². The van der Waals surface area contributed by atoms with Crippen molar-refractivity contribution < 1.29 is 14.7 Å². The van der Waals surface area contributed by atoms with Gasteiger partial charge in [0.2, 0.25) is 0 Å². The standard InChI is InChI=1S/C9H8BrNO3/c10-5-8(12)6-1-3-7(4-2-6)11-9(13)14/h1-4,11H,5H2,(H,13,14). The molecule has 0 aliphatic rings. The van der Waals surface area contributed by atoms with Crippen molar-refractivity contribution in [2.75, 3.05) is 10.6 Å². The number of Topliss-reactive ketones (excluding diaryl/α,β-unsaturated/α-hetero) is 1. The molecule has 0 saturated heterocycles. The maximum absolute atomic E-state index is 11.2. The minimum atomic E-state index is -1.12. The maximum atomic E-state index is 11.2. The Labute approximate surface area is 89.1 Å². The lowest BCUT2D eigenvalue weighted by molar-refractivity contribution is 0.102. The average Bonchev–Trinajstić information content (AvgIpc) is 2.17. The first-order chi connectivity index (χ1) is 6.63. The van der Waals surface area contributed by atoms with Crippen molar-refractivity contribution >= 4 is 33.5 Å². The topological polar surface area (TPSA) is 66.4 Å². The summed E-state index contributed by atoms with van der Waals surface area (Å²) in [5.74, 6) is -0.0353. The Hall–Kier alpha value is -1.36. The second-order valence-electron chi connectivity index (χ2n) is 2.56. The molecule has 1 amide bonds. The zero-order valence-corrected chi connectivity index (χ0v) is 8.74. The molecule has 1 rings (SSSR count). The van der Waals surface area contributed by atoms with E-state index in [1.807, 2.05) is 0 Å². The van der Waals surface area contributed by atoms with Gasteiger partial charge in [-0.2, -0.15) is 0 Å². The molecule has 0 aliphatic heterocycles. The molecule has 0 aliphatic carbocycles. The first-order valence-electron chi connectivity index (χ1n) is 3.82. The Morgan fingerprint density at radius 2 is 1.86 bits per heavy atom. The quantitative estimate of drug-likeness (QED) is 0.646. The van der Waals surface area contributed by atoms with Crippen LogP contribution in [0.2, 0.25) is 0 Å². The van der Waals surface area contributed by atoms with E-state index >= 15 is 0 Å². The van der Waals surface area contributed by atoms with Gasteiger partial charge in [-0.15, -0.1) is 0 Å². The van der Waals surface area contributed by atoms with E-state index in [0.29, 0.717) is 11.3 Å². The summed E-state index contributed by atoms with van der Waals surface area (Å²) in [4.78, 5) is 21.4. The Balaban J connectivity index is 2.78. The molecule has 0 bridgehead atoms. The van der Waals surface area contributed by atoms with Gasteiger partial charge in [0.15, 0.2) is 5.78 Å². The lowest BCUT2D eigenvalue weighted by Crippen LogP contribution is -2.07. The predicted octanol–water partition coefficient (Wildman–Crippen LogP) is 2.35. The summed E-state index contributed by atoms with van der Waals surface area (Å²) in [7, 11) is 0. The molecule has 4 nitrogen and oxygen atoms in total. The van der Waals surface area contributed by atoms with Crippen molar-refractivity contribution in [2.45, 2.75) is 0 Å². The smallest absolute Gasteiger partial charge is 0.409 e. The van der Waals surface area contributed by atoms with Crippen molar-refractivity contribution in [2.24, 2.45) is 0 Å². The molecule has 1 aromatic rings. The van der Waals surface area contributed by atoms with Crippen molar-refractivity contribution in [3.63, 3.8) is 0 Å². The van der Waals surface area contributed by atoms with Gasteiger partial charge in [-0.05, 0) is 24.3 Å². The van der Waals surface area contributed by atoms with E-state index in [-0.39, 0.29) is 11.1 Å². The molecule has 0 aromatic heterocycles. The number of ketones is 1. The van der Waals surface area contributed by atoms with E-state index in [1.54, 1.807) is 24.3 Å². The van der Waals surface area contributed by atoms with Crippen molar-refractivity contribution in [3.8, 4) is 0 Å². The minimum absolute atomic E-state index is 0.0353. The summed E-state index contributed by atoms with van der Waals surface area (Å²) in [6.07, 6.45) is -1.12. The highest BCUT2D eigenvalue weighted by Crippen LogP contribution is 2.10. The molecule has 0 atom stereocenters. The second-order valence-corrected chi connectivity index (χ2v) is 3.13. The molecular formula is C9H8BrNO3. The lowest BCUT2D eigenvalue weighted by Gasteiger charge is -2.01. The zero-order valence-electron chi connectivity index (χ0n) is 7.16. The number of carbonyl (C=O) groups excluding carboxylic acids is 1. The first kappa shape index (κ1) is 10.7. The van der Waals surface area contributed by atoms with Crippen LogP contribution >= 0.6 is 15.9 Å². The number of carboxylic acid groups (broad SMARTS) is 1. The first-order valence-corrected chi connectivity index (χ1v) is 4.95. The van der Waals surface area contributed by atoms with E-state index in [1.165, 1.54) is 0 Å². The number of benzene rings is 1. The SMILES string of the molecule is O=C(O)Nc1ccc(C(=O)CBr)cc1. The Kier molecular flexibility index (Phi) is 3.64. The van der Waals surface area contributed by atoms with Gasteiger partial charge in [-0.3, -0.25) is 10.1 Å². The van der Waals surface area contributed by atoms with Crippen LogP contribution in [0.1, 0.15) is 10.4 Å². The lowest BCUT2D eigenvalue weighted by atomic mass is 10.1. The second kappa shape index (κ2) is 4.76. The molecule has 0 saturated carbocycles. The number of rotatable bonds is 3. The van der Waals surface area contributed by atoms with Gasteiger partial charge >= 0.3 is 6.09 Å². The fourth-order valence-corrected chi connectivity index (χ4v) is 1.26. The van der Waals surface area contributed by atoms with Crippen molar-refractivity contribution in [1.82, 2.24) is 0 Å². The number of hydrogen-bond donors (Lipinski definition) is 2. The fourth-order valence-electron chi connectivity index (χ4n) is 0.940. The molecule has 0 heterocycles. The third-order valence-corrected chi connectivity index (χ3v) is 2.09. The average molecular weight is 258 g/mol. The highest BCUT2D eigenvalue weighted by molar-refractivity contribution is 9.09. The van der Waals surface area contributed by atoms with E-state index in [4.69, 9.17) is 5.11 Å². The third kappa shape index (κ3) is 2.85. The predicted molar refractivity (Wildman–Crippen MR) is 56.2 cm³/mol. The molecule has 1 aromatic carbocycles. The van der Waals surface area contributed by atoms with Gasteiger partial charge in [0.05, 0.1) is 5.33 Å². The third-order valence-electron chi connectivity index (χ3n) is 1.58. The van der Waals surface area contributed by atoms with Crippen molar-refractivity contribution in [3.05, 3.63) is 29.8 Å². The van der Waals surface area contributed by atoms with Gasteiger partial charge < -0.3 is 5.11 Å². The van der Waals surface area contributed by atoms with E-state index in [0.717, 1.165) is 0 Å². The highest BCUT2D eigenvalue weighted by atomic mass is 79.9. The van der Waals surface area contributed by atoms with Crippen LogP contribution in [0.25, 0.3) is 0 Å². The number of halogens is 1. The number of anilines is 1. The van der Waals surface area contributed by atoms with E-state index in [2.05, 4.69) is 21.2 Å². The van der Waals surface area contributed by atoms with E-state index < -0.39 is 6.09 Å². The number of nitrogens with one attached hydrogen (secondary N) is 1. The Morgan fingerprint density at radius 3 is 2.29 bits per heavy atom. The summed E-state index contributed by atoms with van der Waals surface area (Å²) in [5.41, 5.74) is 1.00. The molecule has 0 spiro atoms. The number of amides is 1. The summed E-state index contributed by atoms with van der Waals surface area (Å²) >= 11 is 3.05. The number of carbonyl (C=O) groups is 2. The molecule has 0 radical (unpaired) electrons. The van der Waals surface area contributed by atoms with Gasteiger partial charge in [-0.1, -0.05) is 15.9 Å². The van der Waals surface area contributed by atoms with Crippen LogP contribution in [-0.2, 0) is 0 Å². The van der Waals surface area contributed by atoms with Crippen LogP contribution in [0.3, 0.4) is 0 Å². The summed E-state index contributed by atoms with van der Waals surface area (Å²) in [5, 5.41) is 10.9. The van der Waals surface area contributed by atoms with Gasteiger partial charge in [-0.25, -0.2) is 4.79 Å². The molecular weight excluding hydrogens is 250 g/mol. The van der Waals surface area contributed by atoms with Crippen LogP contribution in [0.4, 0.5) is 10.5 Å². The normalized spacial score (nSPS) is 9.50. The van der Waals surface area contributed by atoms with Crippen LogP contribution in [0.15, 0.2) is 24.3 Å². The number of alkyl halides is 1. The van der Waals surface area contributed by atoms with Crippen LogP contribution in [-0.4, -0.2) is 22.3 Å². The fraction of sp³-hybridized carbons (Fsp3) is 0.111. The largest absolute Gasteiger partial charge is 0.465 e. The monoisotopic (exact) mass is 257 g/mol. The summed E-state index contributed by atoms with van der Waals surface area (Å²) in [6.45, 7) is 0. The Morgan fingerprint density at radius 1 is 1.29 bits per heavy atom. The molecule has 14 heavy (non-hydrogen) atoms. The maximum Gasteiger partial charge on any atom is 0.409 e. The summed E-state index contributed by atoms with van der Waals surface area (Å²) < 4.78 is 0. The van der Waals surface area contributed by atoms with Crippen LogP contribution in [0, 0.1) is 0 Å². The highest BCUT2D eigenvalue weighted by Gasteiger charge is 2.03. The summed E-state index contributed by atoms with van der Waals surface area (Å²) in [6, 6.07) is 6.25.